The normalized spacial score (nSPS) is 12.3. The van der Waals surface area contributed by atoms with Crippen LogP contribution in [0.1, 0.15) is 18.4 Å². The van der Waals surface area contributed by atoms with Gasteiger partial charge >= 0.3 is 0 Å². The number of anilines is 2. The van der Waals surface area contributed by atoms with Gasteiger partial charge in [-0.1, -0.05) is 18.2 Å². The molecule has 9 nitrogen and oxygen atoms in total. The van der Waals surface area contributed by atoms with E-state index in [9.17, 15) is 4.79 Å². The minimum Gasteiger partial charge on any atom is -0.493 e. The van der Waals surface area contributed by atoms with Crippen LogP contribution in [0.5, 0.6) is 11.5 Å². The zero-order chi connectivity index (χ0) is 25.9. The highest BCUT2D eigenvalue weighted by Gasteiger charge is 2.08. The van der Waals surface area contributed by atoms with E-state index < -0.39 is 0 Å². The summed E-state index contributed by atoms with van der Waals surface area (Å²) < 4.78 is 10.7. The van der Waals surface area contributed by atoms with Crippen molar-refractivity contribution in [2.45, 2.75) is 19.3 Å². The molecule has 1 aliphatic heterocycles. The molecule has 0 spiro atoms. The van der Waals surface area contributed by atoms with Gasteiger partial charge in [-0.3, -0.25) is 9.79 Å². The van der Waals surface area contributed by atoms with Gasteiger partial charge in [0.2, 0.25) is 11.9 Å². The van der Waals surface area contributed by atoms with Crippen LogP contribution in [-0.4, -0.2) is 61.0 Å². The SMILES string of the molecule is COc1ccc(CCNc2nccc(-c3cccc(NC(=O)CCCN4C=CC=NC4)c3)n2)cc1OC. The van der Waals surface area contributed by atoms with Gasteiger partial charge in [-0.2, -0.15) is 0 Å². The standard InChI is InChI=1S/C28H32N6O3/c1-36-25-10-9-21(18-26(25)37-2)11-14-30-28-31-15-12-24(33-28)22-6-3-7-23(19-22)32-27(35)8-4-16-34-17-5-13-29-20-34/h3,5-7,9-10,12-13,15,17-19H,4,8,11,14,16,20H2,1-2H3,(H,32,35)(H,30,31,33). The molecule has 3 aromatic rings. The lowest BCUT2D eigenvalue weighted by molar-refractivity contribution is -0.116. The number of methoxy groups -OCH3 is 2. The smallest absolute Gasteiger partial charge is 0.224 e. The van der Waals surface area contributed by atoms with Crippen molar-refractivity contribution in [3.8, 4) is 22.8 Å². The van der Waals surface area contributed by atoms with Crippen molar-refractivity contribution in [2.75, 3.05) is 44.6 Å². The number of nitrogens with zero attached hydrogens (tertiary/aromatic N) is 4. The van der Waals surface area contributed by atoms with Crippen LogP contribution >= 0.6 is 0 Å². The lowest BCUT2D eigenvalue weighted by Crippen LogP contribution is -2.22. The molecule has 2 aromatic carbocycles. The van der Waals surface area contributed by atoms with E-state index in [1.807, 2.05) is 60.8 Å². The number of carbonyl (C=O) groups is 1. The number of nitrogens with one attached hydrogen (secondary N) is 2. The number of hydrogen-bond donors (Lipinski definition) is 2. The summed E-state index contributed by atoms with van der Waals surface area (Å²) in [6, 6.07) is 15.4. The monoisotopic (exact) mass is 500 g/mol. The number of benzene rings is 2. The topological polar surface area (TPSA) is 101 Å². The quantitative estimate of drug-likeness (QED) is 0.380. The largest absolute Gasteiger partial charge is 0.493 e. The third-order valence-electron chi connectivity index (χ3n) is 5.84. The summed E-state index contributed by atoms with van der Waals surface area (Å²) in [5, 5.41) is 6.28. The van der Waals surface area contributed by atoms with Crippen molar-refractivity contribution in [3.63, 3.8) is 0 Å². The molecule has 1 aliphatic rings. The molecule has 0 saturated carbocycles. The van der Waals surface area contributed by atoms with E-state index in [0.717, 1.165) is 41.9 Å². The number of allylic oxidation sites excluding steroid dienone is 1. The third-order valence-corrected chi connectivity index (χ3v) is 5.84. The molecule has 1 aromatic heterocycles. The predicted octanol–water partition coefficient (Wildman–Crippen LogP) is 4.39. The van der Waals surface area contributed by atoms with Crippen LogP contribution in [0.15, 0.2) is 72.0 Å². The second kappa shape index (κ2) is 13.1. The highest BCUT2D eigenvalue weighted by molar-refractivity contribution is 5.91. The van der Waals surface area contributed by atoms with Crippen LogP contribution in [0.4, 0.5) is 11.6 Å². The van der Waals surface area contributed by atoms with Crippen LogP contribution < -0.4 is 20.1 Å². The van der Waals surface area contributed by atoms with E-state index in [4.69, 9.17) is 9.47 Å². The molecule has 192 valence electrons. The Kier molecular flexibility index (Phi) is 9.07. The minimum atomic E-state index is -0.0122. The van der Waals surface area contributed by atoms with Crippen molar-refractivity contribution in [2.24, 2.45) is 4.99 Å². The van der Waals surface area contributed by atoms with Crippen LogP contribution in [0.25, 0.3) is 11.3 Å². The van der Waals surface area contributed by atoms with E-state index in [-0.39, 0.29) is 5.91 Å². The fourth-order valence-electron chi connectivity index (χ4n) is 3.95. The van der Waals surface area contributed by atoms with Crippen molar-refractivity contribution < 1.29 is 14.3 Å². The van der Waals surface area contributed by atoms with Crippen molar-refractivity contribution >= 4 is 23.8 Å². The summed E-state index contributed by atoms with van der Waals surface area (Å²) in [6.07, 6.45) is 9.39. The maximum Gasteiger partial charge on any atom is 0.224 e. The number of ether oxygens (including phenoxy) is 2. The highest BCUT2D eigenvalue weighted by Crippen LogP contribution is 2.27. The molecule has 0 unspecified atom stereocenters. The number of hydrogen-bond acceptors (Lipinski definition) is 8. The van der Waals surface area contributed by atoms with Gasteiger partial charge in [0.1, 0.15) is 6.67 Å². The lowest BCUT2D eigenvalue weighted by Gasteiger charge is -2.19. The van der Waals surface area contributed by atoms with Gasteiger partial charge in [0.15, 0.2) is 11.5 Å². The van der Waals surface area contributed by atoms with E-state index in [1.165, 1.54) is 0 Å². The highest BCUT2D eigenvalue weighted by atomic mass is 16.5. The second-order valence-electron chi connectivity index (χ2n) is 8.49. The van der Waals surface area contributed by atoms with E-state index >= 15 is 0 Å². The Morgan fingerprint density at radius 2 is 1.97 bits per heavy atom. The molecular weight excluding hydrogens is 468 g/mol. The van der Waals surface area contributed by atoms with Crippen molar-refractivity contribution in [1.82, 2.24) is 14.9 Å². The van der Waals surface area contributed by atoms with Crippen LogP contribution in [-0.2, 0) is 11.2 Å². The molecule has 0 radical (unpaired) electrons. The fourth-order valence-corrected chi connectivity index (χ4v) is 3.95. The van der Waals surface area contributed by atoms with E-state index in [2.05, 4.69) is 30.5 Å². The first-order chi connectivity index (χ1) is 18.1. The first-order valence-electron chi connectivity index (χ1n) is 12.2. The van der Waals surface area contributed by atoms with Gasteiger partial charge in [-0.15, -0.1) is 0 Å². The Morgan fingerprint density at radius 1 is 1.08 bits per heavy atom. The maximum atomic E-state index is 12.4. The van der Waals surface area contributed by atoms with E-state index in [1.54, 1.807) is 26.6 Å². The fraction of sp³-hybridized carbons (Fsp3) is 0.286. The zero-order valence-electron chi connectivity index (χ0n) is 21.2. The Bertz CT molecular complexity index is 1260. The second-order valence-corrected chi connectivity index (χ2v) is 8.49. The molecule has 2 N–H and O–H groups in total. The Labute approximate surface area is 217 Å². The molecule has 0 saturated heterocycles. The third kappa shape index (κ3) is 7.54. The molecular formula is C28H32N6O3. The Hall–Kier alpha value is -4.40. The summed E-state index contributed by atoms with van der Waals surface area (Å²) >= 11 is 0. The number of amides is 1. The molecule has 0 atom stereocenters. The summed E-state index contributed by atoms with van der Waals surface area (Å²) in [4.78, 5) is 27.7. The van der Waals surface area contributed by atoms with Gasteiger partial charge in [0.05, 0.1) is 19.9 Å². The predicted molar refractivity (Wildman–Crippen MR) is 146 cm³/mol. The van der Waals surface area contributed by atoms with Gasteiger partial charge in [0.25, 0.3) is 0 Å². The van der Waals surface area contributed by atoms with Gasteiger partial charge in [0, 0.05) is 49.4 Å². The lowest BCUT2D eigenvalue weighted by atomic mass is 10.1. The molecule has 0 aliphatic carbocycles. The molecule has 0 bridgehead atoms. The molecule has 1 amide bonds. The number of aromatic nitrogens is 2. The van der Waals surface area contributed by atoms with Crippen LogP contribution in [0, 0.1) is 0 Å². The summed E-state index contributed by atoms with van der Waals surface area (Å²) in [5.74, 6) is 1.95. The van der Waals surface area contributed by atoms with Gasteiger partial charge in [-0.25, -0.2) is 9.97 Å². The molecule has 2 heterocycles. The zero-order valence-corrected chi connectivity index (χ0v) is 21.2. The molecule has 4 rings (SSSR count). The Morgan fingerprint density at radius 3 is 2.78 bits per heavy atom. The number of carbonyl (C=O) groups excluding carboxylic acids is 1. The maximum absolute atomic E-state index is 12.4. The van der Waals surface area contributed by atoms with Gasteiger partial charge in [-0.05, 0) is 54.8 Å². The first-order valence-corrected chi connectivity index (χ1v) is 12.2. The average Bonchev–Trinajstić information content (AvgIpc) is 2.94. The average molecular weight is 501 g/mol. The first kappa shape index (κ1) is 25.7. The summed E-state index contributed by atoms with van der Waals surface area (Å²) in [6.45, 7) is 2.10. The van der Waals surface area contributed by atoms with Crippen molar-refractivity contribution in [3.05, 3.63) is 72.6 Å². The van der Waals surface area contributed by atoms with Crippen LogP contribution in [0.3, 0.4) is 0 Å². The summed E-state index contributed by atoms with van der Waals surface area (Å²) in [7, 11) is 3.25. The van der Waals surface area contributed by atoms with Crippen LogP contribution in [0.2, 0.25) is 0 Å². The molecule has 9 heteroatoms. The minimum absolute atomic E-state index is 0.0122. The Balaban J connectivity index is 1.30. The molecule has 0 fully saturated rings. The number of rotatable bonds is 12. The van der Waals surface area contributed by atoms with Crippen molar-refractivity contribution in [1.29, 1.82) is 0 Å². The molecule has 37 heavy (non-hydrogen) atoms. The van der Waals surface area contributed by atoms with E-state index in [0.29, 0.717) is 37.1 Å². The van der Waals surface area contributed by atoms with Gasteiger partial charge < -0.3 is 25.0 Å². The number of aliphatic imine (C=N–C) groups is 1. The summed E-state index contributed by atoms with van der Waals surface area (Å²) in [5.41, 5.74) is 3.54.